The van der Waals surface area contributed by atoms with Gasteiger partial charge in [0.15, 0.2) is 13.4 Å². The molecule has 1 aliphatic heterocycles. The van der Waals surface area contributed by atoms with Crippen molar-refractivity contribution < 1.29 is 29.0 Å². The number of amides is 1. The highest BCUT2D eigenvalue weighted by atomic mass is 32.2. The van der Waals surface area contributed by atoms with E-state index in [0.717, 1.165) is 16.7 Å². The van der Waals surface area contributed by atoms with Gasteiger partial charge in [-0.05, 0) is 41.4 Å². The second-order valence-corrected chi connectivity index (χ2v) is 15.0. The van der Waals surface area contributed by atoms with Crippen LogP contribution >= 0.6 is 11.8 Å². The van der Waals surface area contributed by atoms with Crippen molar-refractivity contribution >= 4 is 37.1 Å². The molecule has 2 rings (SSSR count). The van der Waals surface area contributed by atoms with Gasteiger partial charge in [-0.2, -0.15) is 0 Å². The highest BCUT2D eigenvalue weighted by molar-refractivity contribution is 8.14. The van der Waals surface area contributed by atoms with Crippen LogP contribution in [0.5, 0.6) is 0 Å². The number of aliphatic hydroxyl groups excluding tert-OH is 1. The Bertz CT molecular complexity index is 785. The first-order valence-electron chi connectivity index (χ1n) is 10.1. The molecular weight excluding hydrogens is 442 g/mol. The van der Waals surface area contributed by atoms with Crippen LogP contribution in [0.15, 0.2) is 6.33 Å². The number of carbonyl (C=O) groups is 3. The van der Waals surface area contributed by atoms with Gasteiger partial charge in [0.25, 0.3) is 0 Å². The first-order chi connectivity index (χ1) is 14.3. The molecular formula is C18H31N5O6SSi. The van der Waals surface area contributed by atoms with Gasteiger partial charge in [-0.1, -0.05) is 32.5 Å². The van der Waals surface area contributed by atoms with Crippen LogP contribution in [0.25, 0.3) is 0 Å². The third-order valence-corrected chi connectivity index (χ3v) is 11.5. The van der Waals surface area contributed by atoms with E-state index in [1.165, 1.54) is 6.33 Å². The monoisotopic (exact) mass is 473 g/mol. The Labute approximate surface area is 186 Å². The molecule has 1 fully saturated rings. The Morgan fingerprint density at radius 1 is 1.32 bits per heavy atom. The SMILES string of the molecule is CC(C)(C)[Si](C)(C)OC[C@H]1C(=O)N(C(O)C(=O)O)[C@@H]1SC(=O)CCCCn1cnnn1. The number of thioether (sulfide) groups is 1. The van der Waals surface area contributed by atoms with E-state index in [4.69, 9.17) is 9.53 Å². The van der Waals surface area contributed by atoms with Crippen LogP contribution in [0.2, 0.25) is 18.1 Å². The van der Waals surface area contributed by atoms with E-state index < -0.39 is 37.7 Å². The number of aryl methyl sites for hydroxylation is 1. The van der Waals surface area contributed by atoms with Crippen molar-refractivity contribution in [3.8, 4) is 0 Å². The topological polar surface area (TPSA) is 148 Å². The van der Waals surface area contributed by atoms with Gasteiger partial charge < -0.3 is 14.6 Å². The quantitative estimate of drug-likeness (QED) is 0.274. The summed E-state index contributed by atoms with van der Waals surface area (Å²) in [5.41, 5.74) is 0. The molecule has 1 amide bonds. The Balaban J connectivity index is 1.95. The first kappa shape index (κ1) is 25.4. The number of aliphatic hydroxyl groups is 1. The fourth-order valence-electron chi connectivity index (χ4n) is 2.76. The maximum absolute atomic E-state index is 12.5. The van der Waals surface area contributed by atoms with Crippen molar-refractivity contribution in [2.24, 2.45) is 5.92 Å². The number of carbonyl (C=O) groups excluding carboxylic acids is 2. The van der Waals surface area contributed by atoms with Crippen molar-refractivity contribution in [3.05, 3.63) is 6.33 Å². The molecule has 0 aromatic carbocycles. The lowest BCUT2D eigenvalue weighted by Crippen LogP contribution is -2.66. The number of tetrazole rings is 1. The smallest absolute Gasteiger partial charge is 0.354 e. The molecule has 0 aliphatic carbocycles. The fourth-order valence-corrected chi connectivity index (χ4v) is 5.01. The number of nitrogens with zero attached hydrogens (tertiary/aromatic N) is 5. The highest BCUT2D eigenvalue weighted by Gasteiger charge is 2.54. The molecule has 2 N–H and O–H groups in total. The average molecular weight is 474 g/mol. The summed E-state index contributed by atoms with van der Waals surface area (Å²) in [6.07, 6.45) is 1.06. The average Bonchev–Trinajstić information content (AvgIpc) is 3.17. The molecule has 0 bridgehead atoms. The Morgan fingerprint density at radius 2 is 2.00 bits per heavy atom. The third-order valence-electron chi connectivity index (χ3n) is 5.77. The normalized spacial score (nSPS) is 20.5. The van der Waals surface area contributed by atoms with Gasteiger partial charge in [-0.25, -0.2) is 9.48 Å². The van der Waals surface area contributed by atoms with E-state index in [1.807, 2.05) is 0 Å². The number of aliphatic carboxylic acids is 1. The summed E-state index contributed by atoms with van der Waals surface area (Å²) in [5.74, 6) is -2.72. The van der Waals surface area contributed by atoms with Crippen LogP contribution < -0.4 is 0 Å². The van der Waals surface area contributed by atoms with Crippen LogP contribution in [-0.4, -0.2) is 78.8 Å². The molecule has 174 valence electrons. The molecule has 1 unspecified atom stereocenters. The zero-order valence-corrected chi connectivity index (χ0v) is 20.3. The molecule has 1 aliphatic rings. The molecule has 1 saturated heterocycles. The largest absolute Gasteiger partial charge is 0.478 e. The second kappa shape index (κ2) is 10.2. The van der Waals surface area contributed by atoms with Gasteiger partial charge in [0, 0.05) is 19.6 Å². The summed E-state index contributed by atoms with van der Waals surface area (Å²) >= 11 is 0.889. The maximum atomic E-state index is 12.5. The minimum Gasteiger partial charge on any atom is -0.478 e. The van der Waals surface area contributed by atoms with Crippen LogP contribution in [0.4, 0.5) is 0 Å². The lowest BCUT2D eigenvalue weighted by Gasteiger charge is -2.48. The summed E-state index contributed by atoms with van der Waals surface area (Å²) < 4.78 is 7.70. The van der Waals surface area contributed by atoms with E-state index >= 15 is 0 Å². The minimum absolute atomic E-state index is 0.0574. The highest BCUT2D eigenvalue weighted by Crippen LogP contribution is 2.41. The van der Waals surface area contributed by atoms with Gasteiger partial charge in [0.1, 0.15) is 11.7 Å². The standard InChI is InChI=1S/C18H31N5O6SSi/c1-18(2,3)31(4,5)29-10-12-14(25)23(15(26)17(27)28)16(12)30-13(24)8-6-7-9-22-11-19-20-21-22/h11-12,15-16,26H,6-10H2,1-5H3,(H,27,28)/t12-,15?,16+/m0/s1. The zero-order chi connectivity index (χ0) is 23.4. The summed E-state index contributed by atoms with van der Waals surface area (Å²) in [6, 6.07) is 0. The van der Waals surface area contributed by atoms with Crippen molar-refractivity contribution in [1.29, 1.82) is 0 Å². The summed E-state index contributed by atoms with van der Waals surface area (Å²) in [4.78, 5) is 37.1. The molecule has 3 atom stereocenters. The van der Waals surface area contributed by atoms with E-state index in [2.05, 4.69) is 49.4 Å². The number of hydrogen-bond donors (Lipinski definition) is 2. The van der Waals surface area contributed by atoms with Gasteiger partial charge >= 0.3 is 5.97 Å². The lowest BCUT2D eigenvalue weighted by molar-refractivity contribution is -0.182. The van der Waals surface area contributed by atoms with Gasteiger partial charge in [0.2, 0.25) is 12.1 Å². The molecule has 31 heavy (non-hydrogen) atoms. The number of β-lactam (4-membered cyclic amide) rings is 1. The predicted octanol–water partition coefficient (Wildman–Crippen LogP) is 1.31. The summed E-state index contributed by atoms with van der Waals surface area (Å²) in [7, 11) is -2.13. The van der Waals surface area contributed by atoms with E-state index in [0.29, 0.717) is 19.4 Å². The van der Waals surface area contributed by atoms with Crippen molar-refractivity contribution in [2.75, 3.05) is 6.61 Å². The van der Waals surface area contributed by atoms with E-state index in [1.54, 1.807) is 4.68 Å². The Kier molecular flexibility index (Phi) is 8.36. The van der Waals surface area contributed by atoms with Crippen molar-refractivity contribution in [3.63, 3.8) is 0 Å². The van der Waals surface area contributed by atoms with Crippen molar-refractivity contribution in [1.82, 2.24) is 25.1 Å². The van der Waals surface area contributed by atoms with Crippen LogP contribution in [0.3, 0.4) is 0 Å². The van der Waals surface area contributed by atoms with E-state index in [-0.39, 0.29) is 23.2 Å². The Hall–Kier alpha value is -1.83. The van der Waals surface area contributed by atoms with Crippen LogP contribution in [0.1, 0.15) is 40.0 Å². The molecule has 11 nitrogen and oxygen atoms in total. The van der Waals surface area contributed by atoms with E-state index in [9.17, 15) is 19.5 Å². The zero-order valence-electron chi connectivity index (χ0n) is 18.5. The van der Waals surface area contributed by atoms with Gasteiger partial charge in [-0.3, -0.25) is 14.5 Å². The number of unbranched alkanes of at least 4 members (excludes halogenated alkanes) is 1. The molecule has 0 saturated carbocycles. The second-order valence-electron chi connectivity index (χ2n) is 9.05. The molecule has 0 spiro atoms. The number of aromatic nitrogens is 4. The molecule has 0 radical (unpaired) electrons. The number of carboxylic acid groups (broad SMARTS) is 1. The number of likely N-dealkylation sites (tertiary alicyclic amines) is 1. The number of rotatable bonds is 11. The molecule has 1 aromatic rings. The van der Waals surface area contributed by atoms with Crippen molar-refractivity contribution in [2.45, 2.75) is 76.3 Å². The van der Waals surface area contributed by atoms with Gasteiger partial charge in [-0.15, -0.1) is 5.10 Å². The van der Waals surface area contributed by atoms with Crippen LogP contribution in [-0.2, 0) is 25.4 Å². The number of carboxylic acids is 1. The minimum atomic E-state index is -2.13. The van der Waals surface area contributed by atoms with Crippen LogP contribution in [0, 0.1) is 5.92 Å². The lowest BCUT2D eigenvalue weighted by atomic mass is 9.99. The molecule has 1 aromatic heterocycles. The first-order valence-corrected chi connectivity index (χ1v) is 13.9. The molecule has 13 heteroatoms. The third kappa shape index (κ3) is 6.34. The number of hydrogen-bond acceptors (Lipinski definition) is 9. The molecule has 2 heterocycles. The predicted molar refractivity (Wildman–Crippen MR) is 115 cm³/mol. The maximum Gasteiger partial charge on any atom is 0.354 e. The summed E-state index contributed by atoms with van der Waals surface area (Å²) in [6.45, 7) is 11.0. The van der Waals surface area contributed by atoms with Gasteiger partial charge in [0.05, 0.1) is 5.92 Å². The summed E-state index contributed by atoms with van der Waals surface area (Å²) in [5, 5.41) is 28.9. The fraction of sp³-hybridized carbons (Fsp3) is 0.778. The Morgan fingerprint density at radius 3 is 2.55 bits per heavy atom.